The number of allylic oxidation sites excluding steroid dienone is 4. The number of hydrogen-bond donors (Lipinski definition) is 0. The minimum absolute atomic E-state index is 0.624. The standard InChI is InChI=1S/2C6H5.C5H5.CH3.Zr/c2*1-2-4-6-5-3-1;1-2-4-5-3-1;;/h2*1-5H;1-5H;1H3;. The zero-order valence-corrected chi connectivity index (χ0v) is 13.6. The molecule has 0 unspecified atom stereocenters. The maximum absolute atomic E-state index is 2.63. The van der Waals surface area contributed by atoms with Gasteiger partial charge in [-0.2, -0.15) is 0 Å². The molecular weight excluding hydrogens is 307 g/mol. The van der Waals surface area contributed by atoms with E-state index in [1.54, 1.807) is 6.54 Å². The second kappa shape index (κ2) is 5.43. The van der Waals surface area contributed by atoms with Gasteiger partial charge in [0.05, 0.1) is 0 Å². The van der Waals surface area contributed by atoms with E-state index in [0.717, 1.165) is 0 Å². The first-order chi connectivity index (χ1) is 9.32. The van der Waals surface area contributed by atoms with Crippen molar-refractivity contribution in [2.45, 2.75) is 8.26 Å². The van der Waals surface area contributed by atoms with E-state index in [4.69, 9.17) is 0 Å². The van der Waals surface area contributed by atoms with E-state index >= 15 is 0 Å². The molecule has 19 heavy (non-hydrogen) atoms. The van der Waals surface area contributed by atoms with Gasteiger partial charge >= 0.3 is 120 Å². The minimum atomic E-state index is -2.63. The van der Waals surface area contributed by atoms with Crippen molar-refractivity contribution in [3.63, 3.8) is 0 Å². The molecular formula is C18H18Zr. The van der Waals surface area contributed by atoms with E-state index in [0.29, 0.717) is 3.63 Å². The van der Waals surface area contributed by atoms with Gasteiger partial charge in [-0.1, -0.05) is 0 Å². The van der Waals surface area contributed by atoms with Crippen molar-refractivity contribution in [1.82, 2.24) is 0 Å². The van der Waals surface area contributed by atoms with Crippen molar-refractivity contribution in [1.29, 1.82) is 0 Å². The Labute approximate surface area is 119 Å². The Hall–Kier alpha value is -1.20. The Balaban J connectivity index is 2.16. The third-order valence-corrected chi connectivity index (χ3v) is 15.9. The van der Waals surface area contributed by atoms with Gasteiger partial charge in [-0.15, -0.1) is 0 Å². The second-order valence-corrected chi connectivity index (χ2v) is 15.6. The summed E-state index contributed by atoms with van der Waals surface area (Å²) in [7, 11) is 0. The normalized spacial score (nSPS) is 15.0. The van der Waals surface area contributed by atoms with Gasteiger partial charge in [0.1, 0.15) is 0 Å². The molecule has 0 nitrogen and oxygen atoms in total. The molecule has 0 heterocycles. The molecule has 1 aliphatic carbocycles. The van der Waals surface area contributed by atoms with Crippen LogP contribution in [0.1, 0.15) is 0 Å². The van der Waals surface area contributed by atoms with Crippen LogP contribution in [0.25, 0.3) is 0 Å². The van der Waals surface area contributed by atoms with E-state index in [1.165, 1.54) is 0 Å². The summed E-state index contributed by atoms with van der Waals surface area (Å²) in [4.78, 5) is 0. The average Bonchev–Trinajstić information content (AvgIpc) is 3.03. The second-order valence-electron chi connectivity index (χ2n) is 5.23. The fourth-order valence-electron chi connectivity index (χ4n) is 2.94. The van der Waals surface area contributed by atoms with Gasteiger partial charge < -0.3 is 0 Å². The summed E-state index contributed by atoms with van der Waals surface area (Å²) in [6.07, 6.45) is 9.17. The zero-order valence-electron chi connectivity index (χ0n) is 11.2. The average molecular weight is 326 g/mol. The molecule has 0 bridgehead atoms. The number of hydrogen-bond acceptors (Lipinski definition) is 0. The van der Waals surface area contributed by atoms with Crippen LogP contribution in [0.4, 0.5) is 0 Å². The van der Waals surface area contributed by atoms with Crippen molar-refractivity contribution in [2.75, 3.05) is 0 Å². The SMILES string of the molecule is [CH3][Zr]([c]1ccccc1)([c]1ccccc1)[CH]1C=CC=C1. The third kappa shape index (κ3) is 2.32. The van der Waals surface area contributed by atoms with Gasteiger partial charge in [-0.3, -0.25) is 0 Å². The van der Waals surface area contributed by atoms with E-state index in [-0.39, 0.29) is 0 Å². The molecule has 0 aromatic heterocycles. The molecule has 1 aliphatic rings. The van der Waals surface area contributed by atoms with Gasteiger partial charge in [0.2, 0.25) is 0 Å². The Bertz CT molecular complexity index is 545. The quantitative estimate of drug-likeness (QED) is 0.806. The summed E-state index contributed by atoms with van der Waals surface area (Å²) in [5, 5.41) is 0. The van der Waals surface area contributed by atoms with E-state index in [1.807, 2.05) is 0 Å². The first-order valence-corrected chi connectivity index (χ1v) is 13.1. The van der Waals surface area contributed by atoms with Crippen LogP contribution in [0, 0.1) is 0 Å². The zero-order chi connectivity index (χ0) is 13.1. The van der Waals surface area contributed by atoms with E-state index < -0.39 is 20.3 Å². The van der Waals surface area contributed by atoms with Gasteiger partial charge in [0, 0.05) is 0 Å². The third-order valence-electron chi connectivity index (χ3n) is 4.16. The molecule has 0 aliphatic heterocycles. The molecule has 0 spiro atoms. The maximum atomic E-state index is 2.55. The fraction of sp³-hybridized carbons (Fsp3) is 0.111. The van der Waals surface area contributed by atoms with Gasteiger partial charge in [-0.05, 0) is 0 Å². The van der Waals surface area contributed by atoms with Gasteiger partial charge in [0.15, 0.2) is 0 Å². The van der Waals surface area contributed by atoms with Crippen molar-refractivity contribution < 1.29 is 20.3 Å². The van der Waals surface area contributed by atoms with Crippen molar-refractivity contribution >= 4 is 6.54 Å². The number of benzene rings is 2. The van der Waals surface area contributed by atoms with Crippen LogP contribution in [-0.4, -0.2) is 0 Å². The first kappa shape index (κ1) is 12.8. The van der Waals surface area contributed by atoms with Gasteiger partial charge in [0.25, 0.3) is 0 Å². The van der Waals surface area contributed by atoms with Crippen LogP contribution in [0.5, 0.6) is 0 Å². The molecule has 0 amide bonds. The monoisotopic (exact) mass is 324 g/mol. The molecule has 0 saturated carbocycles. The Kier molecular flexibility index (Phi) is 3.66. The molecule has 0 radical (unpaired) electrons. The fourth-order valence-corrected chi connectivity index (χ4v) is 12.4. The summed E-state index contributed by atoms with van der Waals surface area (Å²) in [5.41, 5.74) is 0. The van der Waals surface area contributed by atoms with Crippen molar-refractivity contribution in [3.8, 4) is 0 Å². The number of rotatable bonds is 3. The molecule has 0 N–H and O–H groups in total. The molecule has 94 valence electrons. The molecule has 2 aromatic carbocycles. The Morgan fingerprint density at radius 3 is 1.53 bits per heavy atom. The van der Waals surface area contributed by atoms with Crippen LogP contribution in [0.2, 0.25) is 8.26 Å². The predicted octanol–water partition coefficient (Wildman–Crippen LogP) is 3.75. The molecule has 3 rings (SSSR count). The molecule has 0 saturated heterocycles. The summed E-state index contributed by atoms with van der Waals surface area (Å²) in [6, 6.07) is 22.2. The van der Waals surface area contributed by atoms with E-state index in [9.17, 15) is 0 Å². The van der Waals surface area contributed by atoms with Crippen LogP contribution in [0.3, 0.4) is 0 Å². The molecule has 0 atom stereocenters. The van der Waals surface area contributed by atoms with Crippen LogP contribution >= 0.6 is 0 Å². The van der Waals surface area contributed by atoms with Crippen molar-refractivity contribution in [2.24, 2.45) is 0 Å². The van der Waals surface area contributed by atoms with Crippen LogP contribution < -0.4 is 6.54 Å². The van der Waals surface area contributed by atoms with Gasteiger partial charge in [-0.25, -0.2) is 0 Å². The molecule has 2 aromatic rings. The summed E-state index contributed by atoms with van der Waals surface area (Å²) < 4.78 is 6.32. The van der Waals surface area contributed by atoms with Crippen molar-refractivity contribution in [3.05, 3.63) is 85.0 Å². The summed E-state index contributed by atoms with van der Waals surface area (Å²) in [6.45, 7) is 0. The molecule has 1 heteroatoms. The van der Waals surface area contributed by atoms with Crippen LogP contribution in [-0.2, 0) is 20.3 Å². The summed E-state index contributed by atoms with van der Waals surface area (Å²) in [5.74, 6) is 0. The summed E-state index contributed by atoms with van der Waals surface area (Å²) >= 11 is -2.63. The van der Waals surface area contributed by atoms with Crippen LogP contribution in [0.15, 0.2) is 85.0 Å². The Morgan fingerprint density at radius 1 is 0.684 bits per heavy atom. The topological polar surface area (TPSA) is 0 Å². The Morgan fingerprint density at radius 2 is 1.11 bits per heavy atom. The first-order valence-electron chi connectivity index (χ1n) is 6.78. The van der Waals surface area contributed by atoms with E-state index in [2.05, 4.69) is 89.6 Å². The predicted molar refractivity (Wildman–Crippen MR) is 80.0 cm³/mol. The molecule has 0 fully saturated rings.